The van der Waals surface area contributed by atoms with Crippen molar-refractivity contribution >= 4 is 50.6 Å². The van der Waals surface area contributed by atoms with Gasteiger partial charge in [0.1, 0.15) is 0 Å². The fourth-order valence-corrected chi connectivity index (χ4v) is 3.88. The van der Waals surface area contributed by atoms with E-state index in [0.717, 1.165) is 16.5 Å². The molecule has 30 heavy (non-hydrogen) atoms. The fourth-order valence-electron chi connectivity index (χ4n) is 2.84. The normalized spacial score (nSPS) is 10.5. The number of benzene rings is 2. The van der Waals surface area contributed by atoms with Gasteiger partial charge >= 0.3 is 5.97 Å². The molecule has 0 saturated heterocycles. The monoisotopic (exact) mass is 426 g/mol. The van der Waals surface area contributed by atoms with Gasteiger partial charge in [0.2, 0.25) is 5.91 Å². The number of carbonyl (C=O) groups excluding carboxylic acids is 3. The van der Waals surface area contributed by atoms with E-state index in [1.807, 2.05) is 13.0 Å². The Labute approximate surface area is 178 Å². The molecular formula is C22H22N2O5S. The molecule has 2 aromatic carbocycles. The number of hydrogen-bond donors (Lipinski definition) is 2. The van der Waals surface area contributed by atoms with Crippen molar-refractivity contribution in [2.24, 2.45) is 0 Å². The molecule has 7 nitrogen and oxygen atoms in total. The second-order valence-corrected chi connectivity index (χ2v) is 7.58. The van der Waals surface area contributed by atoms with Crippen LogP contribution in [0.5, 0.6) is 5.75 Å². The first-order valence-electron chi connectivity index (χ1n) is 9.39. The predicted molar refractivity (Wildman–Crippen MR) is 118 cm³/mol. The standard InChI is InChI=1S/C22H22N2O5S/c1-4-11-29-19-17-12-16(9-10-18(17)30-20(19)22(27)28-3)24-21(26)14-5-7-15(8-6-14)23-13(2)25/h5-10,12H,4,11H2,1-3H3,(H,23,25)(H,24,26). The highest BCUT2D eigenvalue weighted by Crippen LogP contribution is 2.39. The Balaban J connectivity index is 1.86. The van der Waals surface area contributed by atoms with Crippen molar-refractivity contribution in [3.05, 3.63) is 52.9 Å². The van der Waals surface area contributed by atoms with Crippen LogP contribution in [0.15, 0.2) is 42.5 Å². The quantitative estimate of drug-likeness (QED) is 0.535. The Bertz CT molecular complexity index is 1090. The van der Waals surface area contributed by atoms with E-state index in [1.165, 1.54) is 25.4 Å². The SMILES string of the molecule is CCCOc1c(C(=O)OC)sc2ccc(NC(=O)c3ccc(NC(C)=O)cc3)cc12. The van der Waals surface area contributed by atoms with Crippen LogP contribution in [0.3, 0.4) is 0 Å². The van der Waals surface area contributed by atoms with Gasteiger partial charge in [-0.15, -0.1) is 11.3 Å². The number of esters is 1. The second kappa shape index (κ2) is 9.41. The number of fused-ring (bicyclic) bond motifs is 1. The summed E-state index contributed by atoms with van der Waals surface area (Å²) in [5.74, 6) is -0.446. The minimum absolute atomic E-state index is 0.177. The summed E-state index contributed by atoms with van der Waals surface area (Å²) in [6.07, 6.45) is 0.795. The summed E-state index contributed by atoms with van der Waals surface area (Å²) in [4.78, 5) is 36.2. The smallest absolute Gasteiger partial charge is 0.351 e. The first kappa shape index (κ1) is 21.3. The Kier molecular flexibility index (Phi) is 6.68. The average molecular weight is 426 g/mol. The van der Waals surface area contributed by atoms with Gasteiger partial charge in [-0.2, -0.15) is 0 Å². The number of methoxy groups -OCH3 is 1. The Morgan fingerprint density at radius 1 is 1.00 bits per heavy atom. The van der Waals surface area contributed by atoms with Crippen molar-refractivity contribution in [1.82, 2.24) is 0 Å². The van der Waals surface area contributed by atoms with Gasteiger partial charge in [-0.05, 0) is 48.9 Å². The molecular weight excluding hydrogens is 404 g/mol. The minimum atomic E-state index is -0.452. The van der Waals surface area contributed by atoms with Crippen LogP contribution in [0.4, 0.5) is 11.4 Å². The molecule has 0 unspecified atom stereocenters. The third-order valence-corrected chi connectivity index (χ3v) is 5.32. The maximum absolute atomic E-state index is 12.6. The number of carbonyl (C=O) groups is 3. The lowest BCUT2D eigenvalue weighted by Gasteiger charge is -2.08. The number of nitrogens with one attached hydrogen (secondary N) is 2. The van der Waals surface area contributed by atoms with Crippen molar-refractivity contribution in [1.29, 1.82) is 0 Å². The molecule has 0 aliphatic carbocycles. The topological polar surface area (TPSA) is 93.7 Å². The Morgan fingerprint density at radius 2 is 1.70 bits per heavy atom. The van der Waals surface area contributed by atoms with E-state index in [9.17, 15) is 14.4 Å². The lowest BCUT2D eigenvalue weighted by molar-refractivity contribution is -0.114. The molecule has 1 aromatic heterocycles. The van der Waals surface area contributed by atoms with Crippen LogP contribution in [0, 0.1) is 0 Å². The first-order chi connectivity index (χ1) is 14.4. The average Bonchev–Trinajstić information content (AvgIpc) is 3.09. The number of anilines is 2. The van der Waals surface area contributed by atoms with Gasteiger partial charge in [0.25, 0.3) is 5.91 Å². The molecule has 3 rings (SSSR count). The van der Waals surface area contributed by atoms with Crippen molar-refractivity contribution in [2.45, 2.75) is 20.3 Å². The van der Waals surface area contributed by atoms with E-state index in [4.69, 9.17) is 9.47 Å². The van der Waals surface area contributed by atoms with Crippen molar-refractivity contribution in [3.8, 4) is 5.75 Å². The van der Waals surface area contributed by atoms with Crippen LogP contribution in [0.1, 0.15) is 40.3 Å². The second-order valence-electron chi connectivity index (χ2n) is 6.52. The van der Waals surface area contributed by atoms with Gasteiger partial charge in [0.05, 0.1) is 13.7 Å². The molecule has 0 saturated carbocycles. The minimum Gasteiger partial charge on any atom is -0.491 e. The van der Waals surface area contributed by atoms with E-state index >= 15 is 0 Å². The number of hydrogen-bond acceptors (Lipinski definition) is 6. The van der Waals surface area contributed by atoms with Gasteiger partial charge in [0, 0.05) is 33.9 Å². The van der Waals surface area contributed by atoms with Crippen LogP contribution in [-0.4, -0.2) is 31.5 Å². The molecule has 0 aliphatic rings. The number of rotatable bonds is 7. The summed E-state index contributed by atoms with van der Waals surface area (Å²) in [5.41, 5.74) is 1.65. The molecule has 0 aliphatic heterocycles. The highest BCUT2D eigenvalue weighted by Gasteiger charge is 2.21. The van der Waals surface area contributed by atoms with Crippen molar-refractivity contribution in [3.63, 3.8) is 0 Å². The lowest BCUT2D eigenvalue weighted by atomic mass is 10.1. The van der Waals surface area contributed by atoms with Gasteiger partial charge in [-0.25, -0.2) is 4.79 Å². The molecule has 0 bridgehead atoms. The highest BCUT2D eigenvalue weighted by molar-refractivity contribution is 7.21. The van der Waals surface area contributed by atoms with Crippen molar-refractivity contribution in [2.75, 3.05) is 24.4 Å². The maximum atomic E-state index is 12.6. The third-order valence-electron chi connectivity index (χ3n) is 4.19. The summed E-state index contributed by atoms with van der Waals surface area (Å²) in [5, 5.41) is 6.25. The first-order valence-corrected chi connectivity index (χ1v) is 10.2. The Morgan fingerprint density at radius 3 is 2.33 bits per heavy atom. The Hall–Kier alpha value is -3.39. The predicted octanol–water partition coefficient (Wildman–Crippen LogP) is 4.69. The van der Waals surface area contributed by atoms with Gasteiger partial charge < -0.3 is 20.1 Å². The van der Waals surface area contributed by atoms with Crippen molar-refractivity contribution < 1.29 is 23.9 Å². The zero-order valence-corrected chi connectivity index (χ0v) is 17.7. The molecule has 0 radical (unpaired) electrons. The largest absolute Gasteiger partial charge is 0.491 e. The van der Waals surface area contributed by atoms with Crippen LogP contribution < -0.4 is 15.4 Å². The maximum Gasteiger partial charge on any atom is 0.351 e. The van der Waals surface area contributed by atoms with E-state index in [-0.39, 0.29) is 11.8 Å². The zero-order valence-electron chi connectivity index (χ0n) is 16.9. The summed E-state index contributed by atoms with van der Waals surface area (Å²) >= 11 is 1.29. The molecule has 0 atom stereocenters. The summed E-state index contributed by atoms with van der Waals surface area (Å²) in [6, 6.07) is 12.0. The molecule has 3 aromatic rings. The number of amides is 2. The third kappa shape index (κ3) is 4.77. The lowest BCUT2D eigenvalue weighted by Crippen LogP contribution is -2.12. The molecule has 2 N–H and O–H groups in total. The molecule has 0 fully saturated rings. The zero-order chi connectivity index (χ0) is 21.7. The van der Waals surface area contributed by atoms with E-state index in [1.54, 1.807) is 36.4 Å². The molecule has 2 amide bonds. The van der Waals surface area contributed by atoms with E-state index < -0.39 is 5.97 Å². The summed E-state index contributed by atoms with van der Waals surface area (Å²) in [6.45, 7) is 3.87. The molecule has 8 heteroatoms. The summed E-state index contributed by atoms with van der Waals surface area (Å²) in [7, 11) is 1.33. The molecule has 156 valence electrons. The van der Waals surface area contributed by atoms with Gasteiger partial charge in [-0.3, -0.25) is 9.59 Å². The van der Waals surface area contributed by atoms with Crippen LogP contribution in [-0.2, 0) is 9.53 Å². The fraction of sp³-hybridized carbons (Fsp3) is 0.227. The van der Waals surface area contributed by atoms with Gasteiger partial charge in [-0.1, -0.05) is 6.92 Å². The van der Waals surface area contributed by atoms with Crippen LogP contribution >= 0.6 is 11.3 Å². The van der Waals surface area contributed by atoms with Gasteiger partial charge in [0.15, 0.2) is 10.6 Å². The van der Waals surface area contributed by atoms with E-state index in [0.29, 0.717) is 34.2 Å². The van der Waals surface area contributed by atoms with Crippen LogP contribution in [0.2, 0.25) is 0 Å². The number of thiophene rings is 1. The number of ether oxygens (including phenoxy) is 2. The summed E-state index contributed by atoms with van der Waals surface area (Å²) < 4.78 is 11.5. The molecule has 1 heterocycles. The van der Waals surface area contributed by atoms with Crippen LogP contribution in [0.25, 0.3) is 10.1 Å². The van der Waals surface area contributed by atoms with E-state index in [2.05, 4.69) is 10.6 Å². The highest BCUT2D eigenvalue weighted by atomic mass is 32.1. The molecule has 0 spiro atoms.